The van der Waals surface area contributed by atoms with Crippen molar-refractivity contribution in [3.8, 4) is 0 Å². The van der Waals surface area contributed by atoms with Crippen molar-refractivity contribution in [1.29, 1.82) is 0 Å². The molecule has 29 heteroatoms. The van der Waals surface area contributed by atoms with Crippen molar-refractivity contribution in [2.24, 2.45) is 0 Å². The highest BCUT2D eigenvalue weighted by molar-refractivity contribution is 6.33. The van der Waals surface area contributed by atoms with E-state index in [0.29, 0.717) is 80.8 Å². The van der Waals surface area contributed by atoms with E-state index in [1.54, 1.807) is 35.5 Å². The summed E-state index contributed by atoms with van der Waals surface area (Å²) >= 11 is 10.8. The molecule has 0 radical (unpaired) electrons. The number of esters is 1. The van der Waals surface area contributed by atoms with Gasteiger partial charge >= 0.3 is 17.6 Å². The number of aromatic carboxylic acids is 1. The Morgan fingerprint density at radius 2 is 0.755 bits per heavy atom. The number of rotatable bonds is 20. The summed E-state index contributed by atoms with van der Waals surface area (Å²) in [5.41, 5.74) is 3.54. The van der Waals surface area contributed by atoms with Crippen molar-refractivity contribution in [3.63, 3.8) is 0 Å². The molecule has 0 unspecified atom stereocenters. The normalized spacial score (nSPS) is 23.5. The Kier molecular flexibility index (Phi) is 38.2. The van der Waals surface area contributed by atoms with E-state index in [4.69, 9.17) is 91.4 Å². The van der Waals surface area contributed by atoms with Gasteiger partial charge in [-0.15, -0.1) is 0 Å². The molecule has 0 atom stereocenters. The predicted molar refractivity (Wildman–Crippen MR) is 376 cm³/mol. The van der Waals surface area contributed by atoms with Crippen LogP contribution in [-0.4, -0.2) is 178 Å². The molecule has 5 aromatic carbocycles. The highest BCUT2D eigenvalue weighted by Gasteiger charge is 2.34. The molecule has 1 heterocycles. The van der Waals surface area contributed by atoms with Crippen LogP contribution in [0.3, 0.4) is 0 Å². The average Bonchev–Trinajstić information content (AvgIpc) is 0.829. The highest BCUT2D eigenvalue weighted by Crippen LogP contribution is 2.30. The third kappa shape index (κ3) is 32.2. The van der Waals surface area contributed by atoms with E-state index < -0.39 is 26.7 Å². The Bertz CT molecular complexity index is 3330. The molecule has 7 saturated carbocycles. The van der Waals surface area contributed by atoms with Gasteiger partial charge in [0.15, 0.2) is 0 Å². The van der Waals surface area contributed by atoms with E-state index in [-0.39, 0.29) is 81.6 Å². The zero-order valence-corrected chi connectivity index (χ0v) is 59.1. The molecular formula is C73H92Cl2N4O23. The standard InChI is InChI=1S/C12H13NO5.C12H16O2.C11H14O2.C11H12O2.C7H5NO4.C5H2Cl2N2O2.3C5H10O2/c1-17-10-6-11(7-10)18-12(14)8-2-4-9(5-3-8)13(15)16;1-13-11-7-12(8-11)14-9-10-5-3-2-4-6-10;2*12-10-6-11(7-10)13-8-9-4-2-1-3-5-9;9-7(10)5-1-3-6(4-2-5)8(11)12;6-3-1-4(9(10)11)5(7)8-2-3;3*1-7-5-2-4(6)3-5/h2-5,10-11H,6-7H2,1H3;2-6,11-12H,7-9H2,1H3;1-5,10-12H,6-8H2;1-5,11H,6-8H2;1-4H,(H,9,10);1-2H;3*4-6H,2-3H2,1H3. The van der Waals surface area contributed by atoms with Crippen LogP contribution < -0.4 is 0 Å². The van der Waals surface area contributed by atoms with Gasteiger partial charge in [0.25, 0.3) is 11.4 Å². The summed E-state index contributed by atoms with van der Waals surface area (Å²) in [5.74, 6) is -1.23. The molecule has 1 aromatic heterocycles. The number of carbonyl (C=O) groups is 3. The van der Waals surface area contributed by atoms with Crippen LogP contribution in [0.5, 0.6) is 0 Å². The molecule has 0 bridgehead atoms. The van der Waals surface area contributed by atoms with E-state index in [2.05, 4.69) is 29.2 Å². The van der Waals surface area contributed by atoms with Gasteiger partial charge in [-0.3, -0.25) is 35.1 Å². The Balaban J connectivity index is 0.000000210. The lowest BCUT2D eigenvalue weighted by molar-refractivity contribution is -0.385. The van der Waals surface area contributed by atoms with Gasteiger partial charge in [0.2, 0.25) is 5.15 Å². The molecule has 556 valence electrons. The molecule has 7 aliphatic rings. The lowest BCUT2D eigenvalue weighted by Gasteiger charge is -2.33. The molecule has 27 nitrogen and oxygen atoms in total. The number of non-ortho nitro benzene ring substituents is 2. The smallest absolute Gasteiger partial charge is 0.338 e. The molecule has 5 N–H and O–H groups in total. The number of hydrogen-bond acceptors (Lipinski definition) is 23. The fourth-order valence-electron chi connectivity index (χ4n) is 9.65. The number of carbonyl (C=O) groups excluding carboxylic acids is 2. The van der Waals surface area contributed by atoms with E-state index in [0.717, 1.165) is 89.0 Å². The van der Waals surface area contributed by atoms with E-state index in [1.807, 2.05) is 66.7 Å². The number of ketones is 1. The van der Waals surface area contributed by atoms with Gasteiger partial charge in [-0.05, 0) is 105 Å². The number of aliphatic hydroxyl groups excluding tert-OH is 4. The molecule has 0 amide bonds. The topological polar surface area (TPSA) is 378 Å². The first-order valence-electron chi connectivity index (χ1n) is 33.1. The number of carboxylic acids is 1. The molecule has 6 aromatic rings. The number of hydrogen-bond donors (Lipinski definition) is 5. The number of methoxy groups -OCH3 is 5. The number of benzene rings is 5. The van der Waals surface area contributed by atoms with E-state index in [1.165, 1.54) is 59.3 Å². The van der Waals surface area contributed by atoms with Crippen LogP contribution in [0.1, 0.15) is 127 Å². The predicted octanol–water partition coefficient (Wildman–Crippen LogP) is 12.0. The van der Waals surface area contributed by atoms with Crippen LogP contribution in [0.25, 0.3) is 0 Å². The summed E-state index contributed by atoms with van der Waals surface area (Å²) < 4.78 is 47.0. The fourth-order valence-corrected chi connectivity index (χ4v) is 9.98. The van der Waals surface area contributed by atoms with Gasteiger partial charge in [-0.2, -0.15) is 0 Å². The fraction of sp³-hybridized carbons (Fsp3) is 0.479. The molecule has 0 spiro atoms. The first-order chi connectivity index (χ1) is 48.9. The van der Waals surface area contributed by atoms with Crippen LogP contribution in [-0.2, 0) is 67.2 Å². The molecule has 7 fully saturated rings. The Morgan fingerprint density at radius 1 is 0.441 bits per heavy atom. The zero-order valence-electron chi connectivity index (χ0n) is 57.6. The van der Waals surface area contributed by atoms with Crippen LogP contribution in [0.2, 0.25) is 10.2 Å². The maximum absolute atomic E-state index is 11.7. The number of nitro groups is 3. The summed E-state index contributed by atoms with van der Waals surface area (Å²) in [4.78, 5) is 65.2. The van der Waals surface area contributed by atoms with Crippen molar-refractivity contribution in [2.75, 3.05) is 35.5 Å². The third-order valence-corrected chi connectivity index (χ3v) is 17.3. The summed E-state index contributed by atoms with van der Waals surface area (Å²) in [5, 5.41) is 74.3. The lowest BCUT2D eigenvalue weighted by Crippen LogP contribution is -2.38. The number of Topliss-reactive ketones (excluding diaryl/α,β-unsaturated/α-hetero) is 1. The van der Waals surface area contributed by atoms with Gasteiger partial charge in [-0.1, -0.05) is 114 Å². The molecule has 0 aliphatic heterocycles. The Hall–Kier alpha value is -7.84. The van der Waals surface area contributed by atoms with Crippen molar-refractivity contribution in [2.45, 2.75) is 189 Å². The molecule has 7 aliphatic carbocycles. The number of aliphatic hydroxyl groups is 4. The number of nitrogens with zero attached hydrogens (tertiary/aromatic N) is 4. The second-order valence-electron chi connectivity index (χ2n) is 24.6. The van der Waals surface area contributed by atoms with Gasteiger partial charge in [0.05, 0.1) is 124 Å². The molecule has 13 rings (SSSR count). The second-order valence-corrected chi connectivity index (χ2v) is 25.4. The SMILES string of the molecule is COC1CC(O)C1.COC1CC(O)C1.COC1CC(O)C1.COC1CC(OC(=O)c2ccc([N+](=O)[O-])cc2)C1.COC1CC(OCc2ccccc2)C1.O=C(O)c1ccc([N+](=O)[O-])cc1.O=C1CC(OCc2ccccc2)C1.O=[N+]([O-])c1cc(Cl)cnc1Cl.OC1CC(OCc2ccccc2)C1. The minimum atomic E-state index is -1.09. The second kappa shape index (κ2) is 46.0. The summed E-state index contributed by atoms with van der Waals surface area (Å²) in [6, 6.07) is 41.6. The largest absolute Gasteiger partial charge is 0.478 e. The van der Waals surface area contributed by atoms with Gasteiger partial charge in [0, 0.05) is 97.8 Å². The maximum atomic E-state index is 11.7. The molecule has 102 heavy (non-hydrogen) atoms. The maximum Gasteiger partial charge on any atom is 0.338 e. The quantitative estimate of drug-likeness (QED) is 0.0205. The van der Waals surface area contributed by atoms with Crippen molar-refractivity contribution in [3.05, 3.63) is 220 Å². The number of nitro benzene ring substituents is 2. The van der Waals surface area contributed by atoms with Gasteiger partial charge in [0.1, 0.15) is 11.9 Å². The first-order valence-corrected chi connectivity index (χ1v) is 33.9. The number of aromatic nitrogens is 1. The Morgan fingerprint density at radius 3 is 1.05 bits per heavy atom. The van der Waals surface area contributed by atoms with Crippen molar-refractivity contribution >= 4 is 58.0 Å². The van der Waals surface area contributed by atoms with Crippen LogP contribution in [0, 0.1) is 30.3 Å². The Labute approximate surface area is 602 Å². The summed E-state index contributed by atoms with van der Waals surface area (Å²) in [6.07, 6.45) is 14.5. The van der Waals surface area contributed by atoms with Crippen molar-refractivity contribution in [1.82, 2.24) is 4.98 Å². The number of pyridine rings is 1. The molecular weight excluding hydrogens is 1370 g/mol. The van der Waals surface area contributed by atoms with E-state index in [9.17, 15) is 44.7 Å². The minimum absolute atomic E-state index is 0.0422. The first kappa shape index (κ1) is 84.8. The third-order valence-electron chi connectivity index (χ3n) is 16.8. The summed E-state index contributed by atoms with van der Waals surface area (Å²) in [6.45, 7) is 2.01. The number of halogens is 2. The highest BCUT2D eigenvalue weighted by atomic mass is 35.5. The van der Waals surface area contributed by atoms with Crippen LogP contribution >= 0.6 is 23.2 Å². The van der Waals surface area contributed by atoms with Crippen LogP contribution in [0.4, 0.5) is 17.1 Å². The number of ether oxygens (including phenoxy) is 9. The van der Waals surface area contributed by atoms with Crippen LogP contribution in [0.15, 0.2) is 152 Å². The van der Waals surface area contributed by atoms with E-state index >= 15 is 0 Å². The lowest BCUT2D eigenvalue weighted by atomic mass is 9.92. The van der Waals surface area contributed by atoms with Gasteiger partial charge in [-0.25, -0.2) is 14.6 Å². The monoisotopic (exact) mass is 1460 g/mol. The minimum Gasteiger partial charge on any atom is -0.478 e. The zero-order chi connectivity index (χ0) is 74.5. The van der Waals surface area contributed by atoms with Gasteiger partial charge < -0.3 is 68.2 Å². The molecule has 0 saturated heterocycles. The number of carboxylic acid groups (broad SMARTS) is 1. The summed E-state index contributed by atoms with van der Waals surface area (Å²) in [7, 11) is 8.42. The average molecular weight is 1460 g/mol. The van der Waals surface area contributed by atoms with Crippen molar-refractivity contribution < 1.29 is 97.3 Å².